The van der Waals surface area contributed by atoms with Crippen LogP contribution in [-0.2, 0) is 14.3 Å². The van der Waals surface area contributed by atoms with Crippen molar-refractivity contribution in [2.45, 2.75) is 19.4 Å². The third-order valence-electron chi connectivity index (χ3n) is 2.15. The number of halogens is 1. The fourth-order valence-electron chi connectivity index (χ4n) is 1.19. The number of anilines is 1. The minimum Gasteiger partial charge on any atom is -0.479 e. The van der Waals surface area contributed by atoms with Crippen LogP contribution in [0.5, 0.6) is 0 Å². The molecular formula is C12H14FNO4. The third kappa shape index (κ3) is 4.92. The zero-order chi connectivity index (χ0) is 13.5. The molecule has 0 heterocycles. The van der Waals surface area contributed by atoms with E-state index in [0.29, 0.717) is 5.69 Å². The minimum atomic E-state index is -1.08. The van der Waals surface area contributed by atoms with E-state index in [1.165, 1.54) is 25.1 Å². The first-order valence-corrected chi connectivity index (χ1v) is 5.39. The Hall–Kier alpha value is -1.95. The first-order valence-electron chi connectivity index (χ1n) is 5.39. The largest absolute Gasteiger partial charge is 0.479 e. The van der Waals surface area contributed by atoms with Crippen LogP contribution in [0.3, 0.4) is 0 Å². The molecule has 18 heavy (non-hydrogen) atoms. The Morgan fingerprint density at radius 1 is 1.50 bits per heavy atom. The summed E-state index contributed by atoms with van der Waals surface area (Å²) in [5.41, 5.74) is 0.353. The first kappa shape index (κ1) is 14.1. The smallest absolute Gasteiger partial charge is 0.332 e. The second kappa shape index (κ2) is 6.70. The van der Waals surface area contributed by atoms with Gasteiger partial charge in [-0.15, -0.1) is 0 Å². The molecule has 0 fully saturated rings. The monoisotopic (exact) mass is 255 g/mol. The quantitative estimate of drug-likeness (QED) is 0.810. The maximum Gasteiger partial charge on any atom is 0.332 e. The van der Waals surface area contributed by atoms with Gasteiger partial charge in [0, 0.05) is 5.69 Å². The van der Waals surface area contributed by atoms with Gasteiger partial charge in [-0.2, -0.15) is 0 Å². The molecule has 0 bridgehead atoms. The number of hydrogen-bond acceptors (Lipinski definition) is 3. The second-order valence-corrected chi connectivity index (χ2v) is 3.66. The zero-order valence-electron chi connectivity index (χ0n) is 9.85. The molecule has 1 rings (SSSR count). The van der Waals surface area contributed by atoms with Crippen molar-refractivity contribution in [3.63, 3.8) is 0 Å². The highest BCUT2D eigenvalue weighted by Gasteiger charge is 2.11. The van der Waals surface area contributed by atoms with E-state index < -0.39 is 17.9 Å². The van der Waals surface area contributed by atoms with Gasteiger partial charge in [0.25, 0.3) is 0 Å². The van der Waals surface area contributed by atoms with Gasteiger partial charge in [-0.3, -0.25) is 4.79 Å². The SMILES string of the molecule is C[C@@H](OCCC(=O)Nc1cccc(F)c1)C(=O)O. The zero-order valence-corrected chi connectivity index (χ0v) is 9.85. The number of rotatable bonds is 6. The van der Waals surface area contributed by atoms with Crippen molar-refractivity contribution in [3.8, 4) is 0 Å². The van der Waals surface area contributed by atoms with E-state index in [-0.39, 0.29) is 18.9 Å². The maximum atomic E-state index is 12.8. The molecule has 1 aromatic rings. The number of aliphatic carboxylic acids is 1. The predicted octanol–water partition coefficient (Wildman–Crippen LogP) is 1.64. The van der Waals surface area contributed by atoms with Crippen LogP contribution in [0.4, 0.5) is 10.1 Å². The molecule has 0 aliphatic carbocycles. The summed E-state index contributed by atoms with van der Waals surface area (Å²) in [4.78, 5) is 21.9. The number of ether oxygens (including phenoxy) is 1. The third-order valence-corrected chi connectivity index (χ3v) is 2.15. The first-order chi connectivity index (χ1) is 8.49. The van der Waals surface area contributed by atoms with Gasteiger partial charge in [0.2, 0.25) is 5.91 Å². The summed E-state index contributed by atoms with van der Waals surface area (Å²) in [7, 11) is 0. The van der Waals surface area contributed by atoms with E-state index >= 15 is 0 Å². The number of carboxylic acids is 1. The Labute approximate surface area is 104 Å². The Balaban J connectivity index is 2.32. The van der Waals surface area contributed by atoms with Crippen LogP contribution in [0, 0.1) is 5.82 Å². The van der Waals surface area contributed by atoms with Crippen molar-refractivity contribution in [1.82, 2.24) is 0 Å². The predicted molar refractivity (Wildman–Crippen MR) is 62.7 cm³/mol. The number of benzene rings is 1. The molecule has 0 radical (unpaired) electrons. The Bertz CT molecular complexity index is 436. The van der Waals surface area contributed by atoms with Crippen molar-refractivity contribution in [2.75, 3.05) is 11.9 Å². The molecule has 0 saturated carbocycles. The van der Waals surface area contributed by atoms with E-state index in [0.717, 1.165) is 0 Å². The maximum absolute atomic E-state index is 12.8. The molecule has 0 aliphatic heterocycles. The lowest BCUT2D eigenvalue weighted by molar-refractivity contribution is -0.149. The normalized spacial score (nSPS) is 11.9. The van der Waals surface area contributed by atoms with Gasteiger partial charge in [-0.25, -0.2) is 9.18 Å². The highest BCUT2D eigenvalue weighted by atomic mass is 19.1. The molecule has 0 spiro atoms. The summed E-state index contributed by atoms with van der Waals surface area (Å²) in [5, 5.41) is 11.0. The second-order valence-electron chi connectivity index (χ2n) is 3.66. The summed E-state index contributed by atoms with van der Waals surface area (Å²) >= 11 is 0. The molecule has 0 saturated heterocycles. The Kier molecular flexibility index (Phi) is 5.26. The van der Waals surface area contributed by atoms with Gasteiger partial charge in [-0.05, 0) is 25.1 Å². The van der Waals surface area contributed by atoms with Crippen LogP contribution >= 0.6 is 0 Å². The van der Waals surface area contributed by atoms with Crippen LogP contribution in [0.1, 0.15) is 13.3 Å². The van der Waals surface area contributed by atoms with Gasteiger partial charge < -0.3 is 15.2 Å². The molecule has 0 aliphatic rings. The van der Waals surface area contributed by atoms with Gasteiger partial charge in [0.15, 0.2) is 6.10 Å². The topological polar surface area (TPSA) is 75.6 Å². The highest BCUT2D eigenvalue weighted by molar-refractivity contribution is 5.90. The molecule has 1 atom stereocenters. The molecule has 0 aromatic heterocycles. The molecule has 1 amide bonds. The number of carboxylic acid groups (broad SMARTS) is 1. The summed E-state index contributed by atoms with van der Waals surface area (Å²) < 4.78 is 17.7. The Morgan fingerprint density at radius 2 is 2.22 bits per heavy atom. The van der Waals surface area contributed by atoms with Gasteiger partial charge >= 0.3 is 5.97 Å². The number of hydrogen-bond donors (Lipinski definition) is 2. The Morgan fingerprint density at radius 3 is 2.83 bits per heavy atom. The standard InChI is InChI=1S/C12H14FNO4/c1-8(12(16)17)18-6-5-11(15)14-10-4-2-3-9(13)7-10/h2-4,7-8H,5-6H2,1H3,(H,14,15)(H,16,17)/t8-/m1/s1. The summed E-state index contributed by atoms with van der Waals surface area (Å²) in [5.74, 6) is -1.89. The van der Waals surface area contributed by atoms with E-state index in [1.807, 2.05) is 0 Å². The summed E-state index contributed by atoms with van der Waals surface area (Å²) in [6, 6.07) is 5.50. The number of carbonyl (C=O) groups excluding carboxylic acids is 1. The summed E-state index contributed by atoms with van der Waals surface area (Å²) in [6.45, 7) is 1.38. The number of amides is 1. The lowest BCUT2D eigenvalue weighted by Gasteiger charge is -2.08. The van der Waals surface area contributed by atoms with Crippen molar-refractivity contribution in [3.05, 3.63) is 30.1 Å². The van der Waals surface area contributed by atoms with Crippen LogP contribution < -0.4 is 5.32 Å². The lowest BCUT2D eigenvalue weighted by atomic mass is 10.3. The molecule has 2 N–H and O–H groups in total. The average molecular weight is 255 g/mol. The van der Waals surface area contributed by atoms with E-state index in [4.69, 9.17) is 9.84 Å². The van der Waals surface area contributed by atoms with Crippen LogP contribution in [0.25, 0.3) is 0 Å². The fraction of sp³-hybridized carbons (Fsp3) is 0.333. The van der Waals surface area contributed by atoms with E-state index in [9.17, 15) is 14.0 Å². The molecule has 98 valence electrons. The fourth-order valence-corrected chi connectivity index (χ4v) is 1.19. The van der Waals surface area contributed by atoms with Crippen molar-refractivity contribution in [2.24, 2.45) is 0 Å². The molecule has 1 aromatic carbocycles. The lowest BCUT2D eigenvalue weighted by Crippen LogP contribution is -2.22. The molecule has 5 nitrogen and oxygen atoms in total. The summed E-state index contributed by atoms with van der Waals surface area (Å²) in [6.07, 6.45) is -0.944. The van der Waals surface area contributed by atoms with Crippen LogP contribution in [0.15, 0.2) is 24.3 Å². The number of carbonyl (C=O) groups is 2. The van der Waals surface area contributed by atoms with Gasteiger partial charge in [-0.1, -0.05) is 6.07 Å². The molecular weight excluding hydrogens is 241 g/mol. The van der Waals surface area contributed by atoms with Gasteiger partial charge in [0.05, 0.1) is 13.0 Å². The number of nitrogens with one attached hydrogen (secondary N) is 1. The molecule has 6 heteroatoms. The van der Waals surface area contributed by atoms with Crippen LogP contribution in [-0.4, -0.2) is 29.7 Å². The van der Waals surface area contributed by atoms with Crippen molar-refractivity contribution >= 4 is 17.6 Å². The van der Waals surface area contributed by atoms with Gasteiger partial charge in [0.1, 0.15) is 5.82 Å². The van der Waals surface area contributed by atoms with Crippen molar-refractivity contribution in [1.29, 1.82) is 0 Å². The van der Waals surface area contributed by atoms with E-state index in [2.05, 4.69) is 5.32 Å². The van der Waals surface area contributed by atoms with Crippen LogP contribution in [0.2, 0.25) is 0 Å². The average Bonchev–Trinajstić information content (AvgIpc) is 2.28. The molecule has 0 unspecified atom stereocenters. The minimum absolute atomic E-state index is 0.00534. The van der Waals surface area contributed by atoms with Crippen molar-refractivity contribution < 1.29 is 23.8 Å². The van der Waals surface area contributed by atoms with E-state index in [1.54, 1.807) is 6.07 Å². The highest BCUT2D eigenvalue weighted by Crippen LogP contribution is 2.09.